The number of hydrogen-bond donors (Lipinski definition) is 3. The summed E-state index contributed by atoms with van der Waals surface area (Å²) in [5.74, 6) is 0.703. The van der Waals surface area contributed by atoms with E-state index in [1.807, 2.05) is 6.92 Å². The third kappa shape index (κ3) is 8.03. The average molecular weight is 570 g/mol. The summed E-state index contributed by atoms with van der Waals surface area (Å²) >= 11 is 0. The zero-order valence-corrected chi connectivity index (χ0v) is 20.7. The third-order valence-corrected chi connectivity index (χ3v) is 5.91. The van der Waals surface area contributed by atoms with Gasteiger partial charge in [0.1, 0.15) is 0 Å². The highest BCUT2D eigenvalue weighted by Gasteiger charge is 2.31. The van der Waals surface area contributed by atoms with Crippen LogP contribution in [0.5, 0.6) is 0 Å². The number of aliphatic hydroxyl groups is 1. The second kappa shape index (κ2) is 13.0. The van der Waals surface area contributed by atoms with Crippen molar-refractivity contribution in [2.45, 2.75) is 57.0 Å². The summed E-state index contributed by atoms with van der Waals surface area (Å²) < 4.78 is 44.4. The quantitative estimate of drug-likeness (QED) is 0.278. The van der Waals surface area contributed by atoms with Crippen molar-refractivity contribution >= 4 is 29.9 Å². The van der Waals surface area contributed by atoms with Crippen molar-refractivity contribution in [1.29, 1.82) is 0 Å². The van der Waals surface area contributed by atoms with Gasteiger partial charge in [-0.25, -0.2) is 0 Å². The molecule has 0 spiro atoms. The van der Waals surface area contributed by atoms with Crippen molar-refractivity contribution in [3.05, 3.63) is 35.4 Å². The number of aliphatic hydroxyl groups excluding tert-OH is 1. The van der Waals surface area contributed by atoms with E-state index in [0.717, 1.165) is 43.4 Å². The van der Waals surface area contributed by atoms with Gasteiger partial charge in [-0.2, -0.15) is 13.2 Å². The number of hydrogen-bond acceptors (Lipinski definition) is 4. The van der Waals surface area contributed by atoms with Crippen LogP contribution in [0.25, 0.3) is 0 Å². The van der Waals surface area contributed by atoms with E-state index in [-0.39, 0.29) is 42.2 Å². The Bertz CT molecular complexity index is 704. The second-order valence-corrected chi connectivity index (χ2v) is 8.15. The van der Waals surface area contributed by atoms with Gasteiger partial charge in [-0.05, 0) is 50.3 Å². The topological polar surface area (TPSA) is 69.1 Å². The van der Waals surface area contributed by atoms with Gasteiger partial charge in [0.2, 0.25) is 0 Å². The standard InChI is InChI=1S/C22H33F3N4O2.HI/c1-2-26-21(28-18-7-9-19(30)10-8-18)27-15-20(29-11-13-31-14-12-29)16-3-5-17(6-4-16)22(23,24)25;/h3-6,18-20,30H,2,7-15H2,1H3,(H2,26,27,28);1H. The largest absolute Gasteiger partial charge is 0.416 e. The molecule has 6 nitrogen and oxygen atoms in total. The van der Waals surface area contributed by atoms with Crippen LogP contribution in [-0.4, -0.2) is 67.5 Å². The van der Waals surface area contributed by atoms with Crippen LogP contribution < -0.4 is 10.6 Å². The number of rotatable bonds is 6. The van der Waals surface area contributed by atoms with Gasteiger partial charge in [0, 0.05) is 25.7 Å². The van der Waals surface area contributed by atoms with E-state index < -0.39 is 11.7 Å². The Hall–Kier alpha value is -1.11. The van der Waals surface area contributed by atoms with Gasteiger partial charge in [-0.1, -0.05) is 12.1 Å². The molecule has 1 heterocycles. The molecule has 1 saturated heterocycles. The van der Waals surface area contributed by atoms with Crippen LogP contribution in [0.15, 0.2) is 29.3 Å². The lowest BCUT2D eigenvalue weighted by Gasteiger charge is -2.34. The van der Waals surface area contributed by atoms with Gasteiger partial charge in [-0.15, -0.1) is 24.0 Å². The molecule has 1 atom stereocenters. The van der Waals surface area contributed by atoms with Gasteiger partial charge in [0.25, 0.3) is 0 Å². The summed E-state index contributed by atoms with van der Waals surface area (Å²) in [6.45, 7) is 5.77. The molecule has 1 unspecified atom stereocenters. The maximum Gasteiger partial charge on any atom is 0.416 e. The second-order valence-electron chi connectivity index (χ2n) is 8.15. The highest BCUT2D eigenvalue weighted by molar-refractivity contribution is 14.0. The number of halogens is 4. The van der Waals surface area contributed by atoms with E-state index in [1.54, 1.807) is 12.1 Å². The molecule has 0 amide bonds. The number of benzene rings is 1. The first-order chi connectivity index (χ1) is 14.9. The van der Waals surface area contributed by atoms with Crippen molar-refractivity contribution in [3.8, 4) is 0 Å². The number of aliphatic imine (C=N–C) groups is 1. The van der Waals surface area contributed by atoms with E-state index in [0.29, 0.717) is 45.4 Å². The van der Waals surface area contributed by atoms with E-state index in [2.05, 4.69) is 15.5 Å². The number of ether oxygens (including phenoxy) is 1. The fourth-order valence-corrected chi connectivity index (χ4v) is 4.13. The Morgan fingerprint density at radius 1 is 1.16 bits per heavy atom. The minimum atomic E-state index is -4.35. The molecule has 0 bridgehead atoms. The Kier molecular flexibility index (Phi) is 11.0. The smallest absolute Gasteiger partial charge is 0.393 e. The normalized spacial score (nSPS) is 23.8. The first kappa shape index (κ1) is 27.1. The lowest BCUT2D eigenvalue weighted by molar-refractivity contribution is -0.137. The molecule has 1 aromatic carbocycles. The maximum atomic E-state index is 13.0. The van der Waals surface area contributed by atoms with Crippen molar-refractivity contribution in [1.82, 2.24) is 15.5 Å². The SMILES string of the molecule is CCNC(=NCC(c1ccc(C(F)(F)F)cc1)N1CCOCC1)NC1CCC(O)CC1.I. The van der Waals surface area contributed by atoms with Crippen LogP contribution >= 0.6 is 24.0 Å². The molecule has 0 radical (unpaired) electrons. The molecule has 1 aromatic rings. The van der Waals surface area contributed by atoms with E-state index in [9.17, 15) is 18.3 Å². The predicted octanol–water partition coefficient (Wildman–Crippen LogP) is 3.56. The fraction of sp³-hybridized carbons (Fsp3) is 0.682. The van der Waals surface area contributed by atoms with Crippen LogP contribution in [-0.2, 0) is 10.9 Å². The van der Waals surface area contributed by atoms with Gasteiger partial charge in [0.05, 0.1) is 37.5 Å². The summed E-state index contributed by atoms with van der Waals surface area (Å²) in [6, 6.07) is 5.53. The van der Waals surface area contributed by atoms with Crippen molar-refractivity contribution in [2.75, 3.05) is 39.4 Å². The predicted molar refractivity (Wildman–Crippen MR) is 129 cm³/mol. The van der Waals surface area contributed by atoms with Crippen molar-refractivity contribution in [3.63, 3.8) is 0 Å². The lowest BCUT2D eigenvalue weighted by Crippen LogP contribution is -2.46. The van der Waals surface area contributed by atoms with Gasteiger partial charge >= 0.3 is 6.18 Å². The number of nitrogens with one attached hydrogen (secondary N) is 2. The molecule has 182 valence electrons. The lowest BCUT2D eigenvalue weighted by atomic mass is 9.93. The summed E-state index contributed by atoms with van der Waals surface area (Å²) in [6.07, 6.45) is -1.24. The van der Waals surface area contributed by atoms with E-state index >= 15 is 0 Å². The van der Waals surface area contributed by atoms with Gasteiger partial charge in [-0.3, -0.25) is 9.89 Å². The number of guanidine groups is 1. The molecule has 32 heavy (non-hydrogen) atoms. The molecule has 0 aromatic heterocycles. The number of nitrogens with zero attached hydrogens (tertiary/aromatic N) is 2. The monoisotopic (exact) mass is 570 g/mol. The maximum absolute atomic E-state index is 13.0. The summed E-state index contributed by atoms with van der Waals surface area (Å²) in [4.78, 5) is 7.00. The van der Waals surface area contributed by atoms with Crippen LogP contribution in [0, 0.1) is 0 Å². The molecule has 10 heteroatoms. The summed E-state index contributed by atoms with van der Waals surface area (Å²) in [5, 5.41) is 16.4. The molecule has 1 saturated carbocycles. The zero-order chi connectivity index (χ0) is 22.3. The Labute approximate surface area is 205 Å². The molecule has 1 aliphatic heterocycles. The van der Waals surface area contributed by atoms with E-state index in [4.69, 9.17) is 9.73 Å². The van der Waals surface area contributed by atoms with Crippen LogP contribution in [0.1, 0.15) is 49.8 Å². The zero-order valence-electron chi connectivity index (χ0n) is 18.4. The molecule has 2 aliphatic rings. The highest BCUT2D eigenvalue weighted by atomic mass is 127. The fourth-order valence-electron chi connectivity index (χ4n) is 4.13. The van der Waals surface area contributed by atoms with Crippen molar-refractivity contribution in [2.24, 2.45) is 4.99 Å². The molecule has 2 fully saturated rings. The average Bonchev–Trinajstić information content (AvgIpc) is 2.76. The molecule has 1 aliphatic carbocycles. The first-order valence-electron chi connectivity index (χ1n) is 11.1. The Morgan fingerprint density at radius 2 is 1.78 bits per heavy atom. The number of alkyl halides is 3. The number of morpholine rings is 1. The van der Waals surface area contributed by atoms with Gasteiger partial charge < -0.3 is 20.5 Å². The Balaban J connectivity index is 0.00000363. The molecule has 3 N–H and O–H groups in total. The highest BCUT2D eigenvalue weighted by Crippen LogP contribution is 2.31. The minimum absolute atomic E-state index is 0. The molecule has 3 rings (SSSR count). The first-order valence-corrected chi connectivity index (χ1v) is 11.1. The minimum Gasteiger partial charge on any atom is -0.393 e. The van der Waals surface area contributed by atoms with Crippen LogP contribution in [0.4, 0.5) is 13.2 Å². The molecular weight excluding hydrogens is 536 g/mol. The third-order valence-electron chi connectivity index (χ3n) is 5.91. The Morgan fingerprint density at radius 3 is 2.34 bits per heavy atom. The molecular formula is C22H34F3IN4O2. The van der Waals surface area contributed by atoms with Gasteiger partial charge in [0.15, 0.2) is 5.96 Å². The van der Waals surface area contributed by atoms with Crippen LogP contribution in [0.2, 0.25) is 0 Å². The summed E-state index contributed by atoms with van der Waals surface area (Å²) in [7, 11) is 0. The van der Waals surface area contributed by atoms with Crippen LogP contribution in [0.3, 0.4) is 0 Å². The van der Waals surface area contributed by atoms with Crippen molar-refractivity contribution < 1.29 is 23.0 Å². The summed E-state index contributed by atoms with van der Waals surface area (Å²) in [5.41, 5.74) is 0.172. The van der Waals surface area contributed by atoms with E-state index in [1.165, 1.54) is 0 Å².